The molecule has 0 saturated carbocycles. The molecule has 38 heavy (non-hydrogen) atoms. The largest absolute Gasteiger partial charge is 0.438 e. The highest BCUT2D eigenvalue weighted by molar-refractivity contribution is 6.04. The molecule has 8 heteroatoms. The highest BCUT2D eigenvalue weighted by Gasteiger charge is 2.47. The number of ether oxygens (including phenoxy) is 1. The lowest BCUT2D eigenvalue weighted by Crippen LogP contribution is -2.46. The van der Waals surface area contributed by atoms with Gasteiger partial charge in [0.2, 0.25) is 5.91 Å². The summed E-state index contributed by atoms with van der Waals surface area (Å²) in [6.07, 6.45) is -0.744. The molecule has 2 atom stereocenters. The fraction of sp³-hybridized carbons (Fsp3) is 0.300. The molecule has 1 heterocycles. The second-order valence-corrected chi connectivity index (χ2v) is 9.92. The van der Waals surface area contributed by atoms with Crippen molar-refractivity contribution in [1.29, 1.82) is 0 Å². The van der Waals surface area contributed by atoms with Crippen molar-refractivity contribution in [2.75, 3.05) is 11.9 Å². The normalized spacial score (nSPS) is 16.9. The van der Waals surface area contributed by atoms with Gasteiger partial charge in [0, 0.05) is 17.8 Å². The molecule has 3 aromatic rings. The molecule has 0 spiro atoms. The Balaban J connectivity index is 1.58. The quantitative estimate of drug-likeness (QED) is 0.386. The van der Waals surface area contributed by atoms with Crippen LogP contribution < -0.4 is 10.6 Å². The molecule has 3 amide bonds. The van der Waals surface area contributed by atoms with Crippen molar-refractivity contribution >= 4 is 23.6 Å². The maximum atomic E-state index is 13.4. The van der Waals surface area contributed by atoms with Crippen LogP contribution >= 0.6 is 0 Å². The lowest BCUT2D eigenvalue weighted by Gasteiger charge is -2.24. The maximum Gasteiger partial charge on any atom is 0.411 e. The lowest BCUT2D eigenvalue weighted by atomic mass is 9.99. The molecular weight excluding hydrogens is 485 g/mol. The van der Waals surface area contributed by atoms with Gasteiger partial charge in [0.25, 0.3) is 5.91 Å². The topological polar surface area (TPSA) is 87.7 Å². The van der Waals surface area contributed by atoms with E-state index in [-0.39, 0.29) is 24.2 Å². The maximum absolute atomic E-state index is 13.4. The molecule has 2 N–H and O–H groups in total. The van der Waals surface area contributed by atoms with E-state index in [0.717, 1.165) is 12.0 Å². The Morgan fingerprint density at radius 1 is 1.03 bits per heavy atom. The summed E-state index contributed by atoms with van der Waals surface area (Å²) in [5.74, 6) is -0.594. The van der Waals surface area contributed by atoms with Gasteiger partial charge in [-0.3, -0.25) is 14.5 Å². The predicted octanol–water partition coefficient (Wildman–Crippen LogP) is 5.61. The zero-order chi connectivity index (χ0) is 27.2. The van der Waals surface area contributed by atoms with Crippen molar-refractivity contribution < 1.29 is 23.5 Å². The van der Waals surface area contributed by atoms with Crippen LogP contribution in [0.25, 0.3) is 0 Å². The van der Waals surface area contributed by atoms with Gasteiger partial charge in [0.15, 0.2) is 12.1 Å². The third-order valence-electron chi connectivity index (χ3n) is 6.43. The molecule has 1 aliphatic rings. The standard InChI is InChI=1S/C30H32FN3O4/c1-19(2)15-16-32-29(36)26-27(38-30(37)34(26)18-21-9-13-24(31)14-10-21)23-5-4-6-25(17-23)33-28(35)22-11-7-20(3)8-12-22/h4-14,17,19,26-27H,15-16,18H2,1-3H3,(H,32,36)(H,33,35). The molecule has 1 fully saturated rings. The van der Waals surface area contributed by atoms with Crippen LogP contribution in [0.15, 0.2) is 72.8 Å². The van der Waals surface area contributed by atoms with E-state index in [2.05, 4.69) is 24.5 Å². The monoisotopic (exact) mass is 517 g/mol. The number of carbonyl (C=O) groups excluding carboxylic acids is 3. The third-order valence-corrected chi connectivity index (χ3v) is 6.43. The third kappa shape index (κ3) is 6.56. The van der Waals surface area contributed by atoms with Crippen LogP contribution in [-0.4, -0.2) is 35.4 Å². The zero-order valence-corrected chi connectivity index (χ0v) is 21.7. The highest BCUT2D eigenvalue weighted by Crippen LogP contribution is 2.35. The number of cyclic esters (lactones) is 1. The van der Waals surface area contributed by atoms with Crippen molar-refractivity contribution in [1.82, 2.24) is 10.2 Å². The van der Waals surface area contributed by atoms with E-state index in [1.54, 1.807) is 48.5 Å². The minimum atomic E-state index is -0.942. The number of carbonyl (C=O) groups is 3. The van der Waals surface area contributed by atoms with Gasteiger partial charge in [-0.15, -0.1) is 0 Å². The van der Waals surface area contributed by atoms with Gasteiger partial charge < -0.3 is 15.4 Å². The molecule has 1 saturated heterocycles. The number of rotatable bonds is 9. The number of aryl methyl sites for hydroxylation is 1. The van der Waals surface area contributed by atoms with Gasteiger partial charge in [-0.1, -0.05) is 55.8 Å². The number of hydrogen-bond donors (Lipinski definition) is 2. The van der Waals surface area contributed by atoms with E-state index in [1.807, 2.05) is 19.1 Å². The second kappa shape index (κ2) is 11.9. The predicted molar refractivity (Wildman–Crippen MR) is 143 cm³/mol. The van der Waals surface area contributed by atoms with Crippen molar-refractivity contribution in [2.45, 2.75) is 45.9 Å². The van der Waals surface area contributed by atoms with Gasteiger partial charge in [-0.2, -0.15) is 0 Å². The Kier molecular flexibility index (Phi) is 8.41. The van der Waals surface area contributed by atoms with Crippen LogP contribution in [0.1, 0.15) is 53.4 Å². The number of hydrogen-bond acceptors (Lipinski definition) is 4. The van der Waals surface area contributed by atoms with Gasteiger partial charge in [0.05, 0.1) is 6.54 Å². The number of amides is 3. The first-order valence-electron chi connectivity index (χ1n) is 12.7. The first-order chi connectivity index (χ1) is 18.2. The molecule has 2 unspecified atom stereocenters. The molecule has 1 aliphatic heterocycles. The summed E-state index contributed by atoms with van der Waals surface area (Å²) in [4.78, 5) is 40.5. The van der Waals surface area contributed by atoms with E-state index in [1.165, 1.54) is 17.0 Å². The van der Waals surface area contributed by atoms with E-state index in [4.69, 9.17) is 4.74 Å². The Morgan fingerprint density at radius 2 is 1.74 bits per heavy atom. The second-order valence-electron chi connectivity index (χ2n) is 9.92. The Morgan fingerprint density at radius 3 is 2.42 bits per heavy atom. The molecule has 0 aliphatic carbocycles. The Hall–Kier alpha value is -4.20. The van der Waals surface area contributed by atoms with Crippen LogP contribution in [0.5, 0.6) is 0 Å². The minimum absolute atomic E-state index is 0.0851. The summed E-state index contributed by atoms with van der Waals surface area (Å²) in [5.41, 5.74) is 3.32. The Bertz CT molecular complexity index is 1290. The van der Waals surface area contributed by atoms with E-state index in [0.29, 0.717) is 34.8 Å². The van der Waals surface area contributed by atoms with Crippen LogP contribution in [-0.2, 0) is 16.1 Å². The first kappa shape index (κ1) is 26.9. The van der Waals surface area contributed by atoms with Gasteiger partial charge in [0.1, 0.15) is 5.82 Å². The molecular formula is C30H32FN3O4. The fourth-order valence-corrected chi connectivity index (χ4v) is 4.29. The van der Waals surface area contributed by atoms with Crippen LogP contribution in [0, 0.1) is 18.7 Å². The van der Waals surface area contributed by atoms with Crippen molar-refractivity contribution in [2.24, 2.45) is 5.92 Å². The fourth-order valence-electron chi connectivity index (χ4n) is 4.29. The number of halogens is 1. The number of nitrogens with one attached hydrogen (secondary N) is 2. The molecule has 0 radical (unpaired) electrons. The van der Waals surface area contributed by atoms with Crippen molar-refractivity contribution in [3.63, 3.8) is 0 Å². The van der Waals surface area contributed by atoms with Gasteiger partial charge in [-0.25, -0.2) is 9.18 Å². The number of anilines is 1. The van der Waals surface area contributed by atoms with Crippen LogP contribution in [0.4, 0.5) is 14.9 Å². The summed E-state index contributed by atoms with van der Waals surface area (Å²) in [5, 5.41) is 5.80. The van der Waals surface area contributed by atoms with Gasteiger partial charge >= 0.3 is 6.09 Å². The molecule has 198 valence electrons. The highest BCUT2D eigenvalue weighted by atomic mass is 19.1. The van der Waals surface area contributed by atoms with Crippen LogP contribution in [0.3, 0.4) is 0 Å². The average molecular weight is 518 g/mol. The summed E-state index contributed by atoms with van der Waals surface area (Å²) in [7, 11) is 0. The van der Waals surface area contributed by atoms with Crippen molar-refractivity contribution in [3.8, 4) is 0 Å². The number of benzene rings is 3. The summed E-state index contributed by atoms with van der Waals surface area (Å²) in [6, 6.07) is 19.0. The minimum Gasteiger partial charge on any atom is -0.438 e. The summed E-state index contributed by atoms with van der Waals surface area (Å²) < 4.78 is 19.1. The molecule has 7 nitrogen and oxygen atoms in total. The van der Waals surface area contributed by atoms with E-state index >= 15 is 0 Å². The first-order valence-corrected chi connectivity index (χ1v) is 12.7. The number of nitrogens with zero attached hydrogens (tertiary/aromatic N) is 1. The molecule has 4 rings (SSSR count). The molecule has 0 bridgehead atoms. The average Bonchev–Trinajstić information content (AvgIpc) is 3.21. The smallest absolute Gasteiger partial charge is 0.411 e. The molecule has 3 aromatic carbocycles. The Labute approximate surface area is 222 Å². The van der Waals surface area contributed by atoms with Crippen LogP contribution in [0.2, 0.25) is 0 Å². The van der Waals surface area contributed by atoms with Crippen molar-refractivity contribution in [3.05, 3.63) is 101 Å². The SMILES string of the molecule is Cc1ccc(C(=O)Nc2cccc(C3OC(=O)N(Cc4ccc(F)cc4)C3C(=O)NCCC(C)C)c2)cc1. The lowest BCUT2D eigenvalue weighted by molar-refractivity contribution is -0.126. The molecule has 0 aromatic heterocycles. The summed E-state index contributed by atoms with van der Waals surface area (Å²) >= 11 is 0. The van der Waals surface area contributed by atoms with Gasteiger partial charge in [-0.05, 0) is 66.8 Å². The summed E-state index contributed by atoms with van der Waals surface area (Å²) in [6.45, 7) is 6.62. The zero-order valence-electron chi connectivity index (χ0n) is 21.7. The van der Waals surface area contributed by atoms with E-state index in [9.17, 15) is 18.8 Å². The van der Waals surface area contributed by atoms with E-state index < -0.39 is 18.2 Å².